The van der Waals surface area contributed by atoms with Crippen molar-refractivity contribution in [3.05, 3.63) is 162 Å². The first kappa shape index (κ1) is 24.8. The van der Waals surface area contributed by atoms with Crippen molar-refractivity contribution in [3.8, 4) is 16.9 Å². The number of nitrogens with zero attached hydrogens (tertiary/aromatic N) is 1. The molecule has 0 aliphatic heterocycles. The van der Waals surface area contributed by atoms with Crippen LogP contribution in [-0.2, 0) is 0 Å². The fraction of sp³-hybridized carbons (Fsp3) is 0.0556. The molecule has 0 heterocycles. The van der Waals surface area contributed by atoms with Gasteiger partial charge in [0.05, 0.1) is 5.69 Å². The fourth-order valence-corrected chi connectivity index (χ4v) is 5.86. The van der Waals surface area contributed by atoms with E-state index >= 15 is 0 Å². The molecule has 190 valence electrons. The van der Waals surface area contributed by atoms with Crippen LogP contribution in [-0.4, -0.2) is 5.11 Å². The van der Waals surface area contributed by atoms with Crippen molar-refractivity contribution in [2.75, 3.05) is 4.90 Å². The maximum Gasteiger partial charge on any atom is 0.125 e. The molecule has 1 aliphatic rings. The van der Waals surface area contributed by atoms with Gasteiger partial charge in [0.2, 0.25) is 0 Å². The minimum absolute atomic E-state index is 0.181. The standard InChI is InChI=1S/C36H29NOS/c38-33-23-12-22-32(36(33)27-15-6-2-7-16-27)37(29-18-8-3-9-19-29)30-20-10-17-28(25-30)31-21-11-24-34(39)35(31)26-13-4-1-5-14-26/h1-20,22-25,31,38-39H,21H2. The molecule has 0 radical (unpaired) electrons. The molecule has 3 heteroatoms. The normalized spacial score (nSPS) is 14.8. The molecule has 0 saturated heterocycles. The largest absolute Gasteiger partial charge is 0.507 e. The van der Waals surface area contributed by atoms with Gasteiger partial charge in [-0.05, 0) is 65.1 Å². The number of benzene rings is 5. The van der Waals surface area contributed by atoms with E-state index in [-0.39, 0.29) is 11.7 Å². The van der Waals surface area contributed by atoms with Crippen LogP contribution in [0.25, 0.3) is 16.7 Å². The van der Waals surface area contributed by atoms with Crippen LogP contribution >= 0.6 is 12.6 Å². The van der Waals surface area contributed by atoms with Gasteiger partial charge < -0.3 is 10.0 Å². The molecule has 0 bridgehead atoms. The smallest absolute Gasteiger partial charge is 0.125 e. The SMILES string of the molecule is Oc1cccc(N(c2ccccc2)c2cccc(C3CC=CC(S)=C3c3ccccc3)c2)c1-c1ccccc1. The highest BCUT2D eigenvalue weighted by Gasteiger charge is 2.24. The summed E-state index contributed by atoms with van der Waals surface area (Å²) in [6.07, 6.45) is 5.23. The van der Waals surface area contributed by atoms with Gasteiger partial charge in [-0.1, -0.05) is 109 Å². The van der Waals surface area contributed by atoms with Crippen LogP contribution in [0.2, 0.25) is 0 Å². The second-order valence-electron chi connectivity index (χ2n) is 9.66. The minimum Gasteiger partial charge on any atom is -0.507 e. The van der Waals surface area contributed by atoms with Crippen LogP contribution in [0.15, 0.2) is 151 Å². The van der Waals surface area contributed by atoms with E-state index < -0.39 is 0 Å². The third-order valence-corrected chi connectivity index (χ3v) is 7.62. The van der Waals surface area contributed by atoms with Crippen molar-refractivity contribution in [3.63, 3.8) is 0 Å². The Morgan fingerprint density at radius 3 is 1.97 bits per heavy atom. The van der Waals surface area contributed by atoms with E-state index in [1.54, 1.807) is 6.07 Å². The Labute approximate surface area is 235 Å². The van der Waals surface area contributed by atoms with Gasteiger partial charge in [0, 0.05) is 27.8 Å². The molecule has 0 fully saturated rings. The number of phenolic OH excluding ortho intramolecular Hbond substituents is 1. The predicted octanol–water partition coefficient (Wildman–Crippen LogP) is 9.91. The molecule has 6 rings (SSSR count). The third kappa shape index (κ3) is 5.01. The number of aromatic hydroxyl groups is 1. The maximum atomic E-state index is 11.1. The first-order valence-electron chi connectivity index (χ1n) is 13.2. The highest BCUT2D eigenvalue weighted by atomic mass is 32.1. The molecule has 5 aromatic carbocycles. The summed E-state index contributed by atoms with van der Waals surface area (Å²) in [6, 6.07) is 45.5. The lowest BCUT2D eigenvalue weighted by molar-refractivity contribution is 0.477. The Hall–Kier alpha value is -4.47. The van der Waals surface area contributed by atoms with Crippen LogP contribution in [0.4, 0.5) is 17.1 Å². The van der Waals surface area contributed by atoms with Crippen LogP contribution in [0.3, 0.4) is 0 Å². The van der Waals surface area contributed by atoms with E-state index in [2.05, 4.69) is 83.8 Å². The number of phenols is 1. The molecule has 5 aromatic rings. The van der Waals surface area contributed by atoms with Gasteiger partial charge in [-0.25, -0.2) is 0 Å². The van der Waals surface area contributed by atoms with Gasteiger partial charge in [0.1, 0.15) is 5.75 Å². The summed E-state index contributed by atoms with van der Waals surface area (Å²) in [6.45, 7) is 0. The van der Waals surface area contributed by atoms with Crippen molar-refractivity contribution in [2.24, 2.45) is 0 Å². The molecule has 0 amide bonds. The highest BCUT2D eigenvalue weighted by molar-refractivity contribution is 7.85. The second kappa shape index (κ2) is 11.1. The molecule has 1 atom stereocenters. The molecular formula is C36H29NOS. The van der Waals surface area contributed by atoms with E-state index in [1.807, 2.05) is 60.7 Å². The molecule has 0 aromatic heterocycles. The number of rotatable bonds is 6. The molecule has 0 spiro atoms. The van der Waals surface area contributed by atoms with E-state index in [0.717, 1.165) is 39.5 Å². The van der Waals surface area contributed by atoms with E-state index in [0.29, 0.717) is 0 Å². The zero-order valence-electron chi connectivity index (χ0n) is 21.5. The van der Waals surface area contributed by atoms with Gasteiger partial charge in [0.25, 0.3) is 0 Å². The lowest BCUT2D eigenvalue weighted by Gasteiger charge is -2.30. The number of allylic oxidation sites excluding steroid dienone is 3. The van der Waals surface area contributed by atoms with Gasteiger partial charge in [-0.2, -0.15) is 0 Å². The average Bonchev–Trinajstić information content (AvgIpc) is 2.99. The predicted molar refractivity (Wildman–Crippen MR) is 167 cm³/mol. The number of hydrogen-bond donors (Lipinski definition) is 2. The number of para-hydroxylation sites is 1. The summed E-state index contributed by atoms with van der Waals surface area (Å²) in [5.74, 6) is 0.433. The summed E-state index contributed by atoms with van der Waals surface area (Å²) in [5, 5.41) is 11.1. The summed E-state index contributed by atoms with van der Waals surface area (Å²) < 4.78 is 0. The van der Waals surface area contributed by atoms with Crippen LogP contribution in [0, 0.1) is 0 Å². The second-order valence-corrected chi connectivity index (χ2v) is 10.1. The summed E-state index contributed by atoms with van der Waals surface area (Å²) in [7, 11) is 0. The lowest BCUT2D eigenvalue weighted by Crippen LogP contribution is -2.12. The molecule has 1 aliphatic carbocycles. The number of anilines is 3. The van der Waals surface area contributed by atoms with Gasteiger partial charge in [-0.3, -0.25) is 0 Å². The number of hydrogen-bond acceptors (Lipinski definition) is 3. The Morgan fingerprint density at radius 1 is 0.641 bits per heavy atom. The summed E-state index contributed by atoms with van der Waals surface area (Å²) in [5.41, 5.74) is 8.41. The van der Waals surface area contributed by atoms with E-state index in [4.69, 9.17) is 12.6 Å². The van der Waals surface area contributed by atoms with Gasteiger partial charge >= 0.3 is 0 Å². The van der Waals surface area contributed by atoms with Crippen LogP contribution < -0.4 is 4.90 Å². The van der Waals surface area contributed by atoms with Crippen molar-refractivity contribution < 1.29 is 5.11 Å². The first-order valence-corrected chi connectivity index (χ1v) is 13.6. The van der Waals surface area contributed by atoms with Crippen LogP contribution in [0.5, 0.6) is 5.75 Å². The lowest BCUT2D eigenvalue weighted by atomic mass is 9.81. The molecule has 1 unspecified atom stereocenters. The third-order valence-electron chi connectivity index (χ3n) is 7.23. The quantitative estimate of drug-likeness (QED) is 0.216. The summed E-state index contributed by atoms with van der Waals surface area (Å²) >= 11 is 4.88. The zero-order chi connectivity index (χ0) is 26.6. The molecule has 0 saturated carbocycles. The summed E-state index contributed by atoms with van der Waals surface area (Å²) in [4.78, 5) is 3.24. The molecule has 39 heavy (non-hydrogen) atoms. The van der Waals surface area contributed by atoms with Gasteiger partial charge in [-0.15, -0.1) is 12.6 Å². The average molecular weight is 524 g/mol. The van der Waals surface area contributed by atoms with Crippen molar-refractivity contribution in [1.82, 2.24) is 0 Å². The Morgan fingerprint density at radius 2 is 1.26 bits per heavy atom. The fourth-order valence-electron chi connectivity index (χ4n) is 5.47. The molecule has 2 nitrogen and oxygen atoms in total. The zero-order valence-corrected chi connectivity index (χ0v) is 22.4. The topological polar surface area (TPSA) is 23.5 Å². The Kier molecular flexibility index (Phi) is 7.07. The highest BCUT2D eigenvalue weighted by Crippen LogP contribution is 2.47. The van der Waals surface area contributed by atoms with E-state index in [1.165, 1.54) is 16.7 Å². The first-order chi connectivity index (χ1) is 19.2. The molecule has 1 N–H and O–H groups in total. The van der Waals surface area contributed by atoms with Gasteiger partial charge in [0.15, 0.2) is 0 Å². The Bertz CT molecular complexity index is 1640. The Balaban J connectivity index is 1.51. The van der Waals surface area contributed by atoms with Crippen LogP contribution in [0.1, 0.15) is 23.5 Å². The van der Waals surface area contributed by atoms with E-state index in [9.17, 15) is 5.11 Å². The molecular weight excluding hydrogens is 494 g/mol. The monoisotopic (exact) mass is 523 g/mol. The van der Waals surface area contributed by atoms with Crippen molar-refractivity contribution >= 4 is 35.3 Å². The maximum absolute atomic E-state index is 11.1. The van der Waals surface area contributed by atoms with Crippen molar-refractivity contribution in [1.29, 1.82) is 0 Å². The minimum atomic E-state index is 0.181. The van der Waals surface area contributed by atoms with Crippen molar-refractivity contribution in [2.45, 2.75) is 12.3 Å². The number of thiol groups is 1.